The van der Waals surface area contributed by atoms with Crippen LogP contribution in [0, 0.1) is 10.1 Å². The largest absolute Gasteiger partial charge is 0.362 e. The van der Waals surface area contributed by atoms with Crippen molar-refractivity contribution in [3.8, 4) is 0 Å². The highest BCUT2D eigenvalue weighted by atomic mass is 79.9. The van der Waals surface area contributed by atoms with E-state index in [1.165, 1.54) is 12.5 Å². The number of benzene rings is 1. The molecule has 0 aliphatic carbocycles. The van der Waals surface area contributed by atoms with E-state index in [4.69, 9.17) is 11.6 Å². The van der Waals surface area contributed by atoms with E-state index in [-0.39, 0.29) is 16.7 Å². The van der Waals surface area contributed by atoms with Gasteiger partial charge in [-0.25, -0.2) is 0 Å². The van der Waals surface area contributed by atoms with Crippen LogP contribution in [0.4, 0.5) is 11.4 Å². The summed E-state index contributed by atoms with van der Waals surface area (Å²) in [5.41, 5.74) is 0.625. The Hall–Kier alpha value is -0.810. The smallest absolute Gasteiger partial charge is 0.295 e. The van der Waals surface area contributed by atoms with Crippen molar-refractivity contribution in [2.75, 3.05) is 11.4 Å². The van der Waals surface area contributed by atoms with E-state index in [0.29, 0.717) is 15.2 Å². The monoisotopic (exact) mass is 332 g/mol. The molecule has 1 unspecified atom stereocenters. The molecule has 0 bridgehead atoms. The summed E-state index contributed by atoms with van der Waals surface area (Å²) in [5, 5.41) is 11.6. The van der Waals surface area contributed by atoms with Gasteiger partial charge in [-0.05, 0) is 32.3 Å². The lowest BCUT2D eigenvalue weighted by atomic mass is 10.0. The average Bonchev–Trinajstić information content (AvgIpc) is 2.29. The summed E-state index contributed by atoms with van der Waals surface area (Å²) in [7, 11) is 0. The first-order valence-corrected chi connectivity index (χ1v) is 7.08. The molecule has 2 rings (SSSR count). The Labute approximate surface area is 119 Å². The maximum absolute atomic E-state index is 11.2. The van der Waals surface area contributed by atoms with E-state index in [2.05, 4.69) is 27.8 Å². The van der Waals surface area contributed by atoms with Gasteiger partial charge in [0.05, 0.1) is 9.95 Å². The molecule has 1 heterocycles. The van der Waals surface area contributed by atoms with E-state index in [0.717, 1.165) is 19.4 Å². The van der Waals surface area contributed by atoms with E-state index >= 15 is 0 Å². The minimum absolute atomic E-state index is 0.0723. The van der Waals surface area contributed by atoms with E-state index in [1.807, 2.05) is 0 Å². The number of hydrogen-bond donors (Lipinski definition) is 0. The Bertz CT molecular complexity index is 481. The van der Waals surface area contributed by atoms with E-state index in [9.17, 15) is 10.1 Å². The average molecular weight is 334 g/mol. The van der Waals surface area contributed by atoms with Crippen LogP contribution in [-0.2, 0) is 0 Å². The number of hydrogen-bond acceptors (Lipinski definition) is 3. The summed E-state index contributed by atoms with van der Waals surface area (Å²) in [4.78, 5) is 12.9. The number of anilines is 1. The lowest BCUT2D eigenvalue weighted by molar-refractivity contribution is -0.384. The molecule has 1 aliphatic rings. The van der Waals surface area contributed by atoms with Gasteiger partial charge in [-0.15, -0.1) is 0 Å². The van der Waals surface area contributed by atoms with Gasteiger partial charge in [-0.2, -0.15) is 0 Å². The number of nitrogens with zero attached hydrogens (tertiary/aromatic N) is 2. The molecule has 18 heavy (non-hydrogen) atoms. The van der Waals surface area contributed by atoms with E-state index in [1.54, 1.807) is 6.07 Å². The van der Waals surface area contributed by atoms with Gasteiger partial charge in [0.2, 0.25) is 0 Å². The summed E-state index contributed by atoms with van der Waals surface area (Å²) >= 11 is 9.45. The van der Waals surface area contributed by atoms with Crippen LogP contribution in [-0.4, -0.2) is 17.5 Å². The molecule has 0 radical (unpaired) electrons. The van der Waals surface area contributed by atoms with Crippen molar-refractivity contribution in [2.45, 2.75) is 32.2 Å². The van der Waals surface area contributed by atoms with Crippen molar-refractivity contribution in [2.24, 2.45) is 0 Å². The normalized spacial score (nSPS) is 19.9. The topological polar surface area (TPSA) is 46.4 Å². The van der Waals surface area contributed by atoms with E-state index < -0.39 is 0 Å². The third-order valence-electron chi connectivity index (χ3n) is 3.29. The minimum atomic E-state index is -0.368. The van der Waals surface area contributed by atoms with Crippen LogP contribution in [0.2, 0.25) is 5.02 Å². The molecule has 1 fully saturated rings. The second kappa shape index (κ2) is 5.45. The molecular weight excluding hydrogens is 320 g/mol. The Morgan fingerprint density at radius 2 is 2.22 bits per heavy atom. The second-order valence-electron chi connectivity index (χ2n) is 4.55. The van der Waals surface area contributed by atoms with Crippen LogP contribution in [0.5, 0.6) is 0 Å². The fourth-order valence-corrected chi connectivity index (χ4v) is 3.31. The molecule has 0 spiro atoms. The summed E-state index contributed by atoms with van der Waals surface area (Å²) in [5.74, 6) is 0. The molecule has 1 saturated heterocycles. The number of nitro benzene ring substituents is 1. The van der Waals surface area contributed by atoms with Crippen molar-refractivity contribution in [3.63, 3.8) is 0 Å². The Balaban J connectivity index is 2.51. The van der Waals surface area contributed by atoms with Crippen LogP contribution >= 0.6 is 27.5 Å². The zero-order chi connectivity index (χ0) is 13.3. The van der Waals surface area contributed by atoms with Crippen molar-refractivity contribution in [3.05, 3.63) is 31.7 Å². The lowest BCUT2D eigenvalue weighted by Crippen LogP contribution is -2.38. The third kappa shape index (κ3) is 2.62. The summed E-state index contributed by atoms with van der Waals surface area (Å²) < 4.78 is 0.632. The summed E-state index contributed by atoms with van der Waals surface area (Å²) in [6.45, 7) is 2.91. The Morgan fingerprint density at radius 1 is 1.50 bits per heavy atom. The predicted molar refractivity (Wildman–Crippen MR) is 76.5 cm³/mol. The maximum Gasteiger partial charge on any atom is 0.295 e. The minimum Gasteiger partial charge on any atom is -0.362 e. The van der Waals surface area contributed by atoms with Gasteiger partial charge in [0, 0.05) is 23.1 Å². The summed E-state index contributed by atoms with van der Waals surface area (Å²) in [6, 6.07) is 3.52. The van der Waals surface area contributed by atoms with Gasteiger partial charge in [-0.3, -0.25) is 10.1 Å². The first-order chi connectivity index (χ1) is 8.50. The Morgan fingerprint density at radius 3 is 2.83 bits per heavy atom. The standard InChI is InChI=1S/C12H14BrClN2O2/c1-8-4-2-3-5-15(8)12-10(14)6-9(13)7-11(12)16(17)18/h6-8H,2-5H2,1H3. The second-order valence-corrected chi connectivity index (χ2v) is 5.87. The first-order valence-electron chi connectivity index (χ1n) is 5.91. The fourth-order valence-electron chi connectivity index (χ4n) is 2.41. The Kier molecular flexibility index (Phi) is 4.12. The lowest BCUT2D eigenvalue weighted by Gasteiger charge is -2.35. The number of nitro groups is 1. The van der Waals surface area contributed by atoms with Gasteiger partial charge in [0.1, 0.15) is 5.69 Å². The van der Waals surface area contributed by atoms with Crippen molar-refractivity contribution in [1.29, 1.82) is 0 Å². The van der Waals surface area contributed by atoms with Gasteiger partial charge in [0.25, 0.3) is 5.69 Å². The zero-order valence-corrected chi connectivity index (χ0v) is 12.4. The summed E-state index contributed by atoms with van der Waals surface area (Å²) in [6.07, 6.45) is 3.26. The maximum atomic E-state index is 11.2. The first kappa shape index (κ1) is 13.6. The predicted octanol–water partition coefficient (Wildman–Crippen LogP) is 4.39. The van der Waals surface area contributed by atoms with Gasteiger partial charge >= 0.3 is 0 Å². The molecule has 1 atom stereocenters. The van der Waals surface area contributed by atoms with Crippen molar-refractivity contribution in [1.82, 2.24) is 0 Å². The van der Waals surface area contributed by atoms with Crippen LogP contribution in [0.25, 0.3) is 0 Å². The molecule has 0 saturated carbocycles. The molecule has 0 aromatic heterocycles. The molecule has 0 amide bonds. The molecule has 6 heteroatoms. The number of halogens is 2. The van der Waals surface area contributed by atoms with Crippen molar-refractivity contribution < 1.29 is 4.92 Å². The third-order valence-corrected chi connectivity index (χ3v) is 4.04. The van der Waals surface area contributed by atoms with Crippen LogP contribution < -0.4 is 4.90 Å². The molecule has 0 N–H and O–H groups in total. The fraction of sp³-hybridized carbons (Fsp3) is 0.500. The quantitative estimate of drug-likeness (QED) is 0.595. The highest BCUT2D eigenvalue weighted by molar-refractivity contribution is 9.10. The van der Waals surface area contributed by atoms with Crippen molar-refractivity contribution >= 4 is 38.9 Å². The van der Waals surface area contributed by atoms with Crippen LogP contribution in [0.15, 0.2) is 16.6 Å². The van der Waals surface area contributed by atoms with Gasteiger partial charge < -0.3 is 4.90 Å². The molecular formula is C12H14BrClN2O2. The SMILES string of the molecule is CC1CCCCN1c1c(Cl)cc(Br)cc1[N+](=O)[O-]. The van der Waals surface area contributed by atoms with Crippen LogP contribution in [0.1, 0.15) is 26.2 Å². The molecule has 4 nitrogen and oxygen atoms in total. The zero-order valence-electron chi connectivity index (χ0n) is 10.0. The number of piperidine rings is 1. The highest BCUT2D eigenvalue weighted by Crippen LogP contribution is 2.40. The van der Waals surface area contributed by atoms with Gasteiger partial charge in [-0.1, -0.05) is 27.5 Å². The molecule has 1 aliphatic heterocycles. The molecule has 1 aromatic rings. The van der Waals surface area contributed by atoms with Gasteiger partial charge in [0.15, 0.2) is 0 Å². The number of rotatable bonds is 2. The molecule has 98 valence electrons. The molecule has 1 aromatic carbocycles. The van der Waals surface area contributed by atoms with Crippen LogP contribution in [0.3, 0.4) is 0 Å². The highest BCUT2D eigenvalue weighted by Gasteiger charge is 2.28.